The van der Waals surface area contributed by atoms with Gasteiger partial charge in [-0.3, -0.25) is 19.3 Å². The number of benzene rings is 2. The highest BCUT2D eigenvalue weighted by molar-refractivity contribution is 6.30. The van der Waals surface area contributed by atoms with Crippen LogP contribution in [0.2, 0.25) is 5.02 Å². The van der Waals surface area contributed by atoms with Crippen LogP contribution in [0, 0.1) is 0 Å². The van der Waals surface area contributed by atoms with Crippen molar-refractivity contribution in [3.63, 3.8) is 0 Å². The first kappa shape index (κ1) is 15.2. The Morgan fingerprint density at radius 2 is 1.78 bits per heavy atom. The molecule has 0 unspecified atom stereocenters. The number of hydrogen-bond donors (Lipinski definition) is 1. The van der Waals surface area contributed by atoms with E-state index < -0.39 is 5.91 Å². The van der Waals surface area contributed by atoms with Crippen LogP contribution in [0.25, 0.3) is 0 Å². The van der Waals surface area contributed by atoms with Gasteiger partial charge in [-0.1, -0.05) is 29.8 Å². The molecule has 0 aliphatic carbocycles. The van der Waals surface area contributed by atoms with Crippen molar-refractivity contribution in [2.45, 2.75) is 6.42 Å². The smallest absolute Gasteiger partial charge is 0.263 e. The van der Waals surface area contributed by atoms with E-state index in [9.17, 15) is 14.4 Å². The van der Waals surface area contributed by atoms with Crippen molar-refractivity contribution in [3.05, 3.63) is 64.2 Å². The zero-order chi connectivity index (χ0) is 16.6. The third kappa shape index (κ3) is 2.83. The van der Waals surface area contributed by atoms with Crippen LogP contribution in [0.5, 0.6) is 0 Å². The number of nitrogens with one attached hydrogen (secondary N) is 1. The van der Waals surface area contributed by atoms with E-state index in [2.05, 4.69) is 5.32 Å². The van der Waals surface area contributed by atoms with Gasteiger partial charge >= 0.3 is 0 Å². The van der Waals surface area contributed by atoms with E-state index in [1.54, 1.807) is 42.5 Å². The van der Waals surface area contributed by atoms with Gasteiger partial charge in [-0.2, -0.15) is 0 Å². The molecule has 0 saturated carbocycles. The molecule has 0 bridgehead atoms. The van der Waals surface area contributed by atoms with E-state index in [-0.39, 0.29) is 23.8 Å². The molecule has 1 aliphatic rings. The first-order valence-electron chi connectivity index (χ1n) is 6.97. The molecule has 3 amide bonds. The summed E-state index contributed by atoms with van der Waals surface area (Å²) in [6, 6.07) is 11.8. The van der Waals surface area contributed by atoms with Gasteiger partial charge in [-0.05, 0) is 29.8 Å². The minimum absolute atomic E-state index is 0.152. The zero-order valence-electron chi connectivity index (χ0n) is 12.3. The Hall–Kier alpha value is -2.66. The number of hydrogen-bond acceptors (Lipinski definition) is 3. The molecule has 116 valence electrons. The lowest BCUT2D eigenvalue weighted by Crippen LogP contribution is -2.24. The molecule has 0 spiro atoms. The number of nitrogens with zero attached hydrogens (tertiary/aromatic N) is 1. The summed E-state index contributed by atoms with van der Waals surface area (Å²) in [5, 5.41) is 3.30. The number of amides is 3. The van der Waals surface area contributed by atoms with Gasteiger partial charge in [0.2, 0.25) is 5.91 Å². The van der Waals surface area contributed by atoms with Crippen LogP contribution in [0.4, 0.5) is 5.69 Å². The van der Waals surface area contributed by atoms with Gasteiger partial charge in [-0.15, -0.1) is 0 Å². The van der Waals surface area contributed by atoms with Crippen LogP contribution in [0.15, 0.2) is 42.5 Å². The Bertz CT molecular complexity index is 815. The number of fused-ring (bicyclic) bond motifs is 1. The molecule has 0 radical (unpaired) electrons. The van der Waals surface area contributed by atoms with E-state index in [1.165, 1.54) is 7.05 Å². The fourth-order valence-electron chi connectivity index (χ4n) is 2.49. The first-order chi connectivity index (χ1) is 11.0. The largest absolute Gasteiger partial charge is 0.325 e. The van der Waals surface area contributed by atoms with Crippen molar-refractivity contribution in [2.75, 3.05) is 12.4 Å². The summed E-state index contributed by atoms with van der Waals surface area (Å²) >= 11 is 5.81. The first-order valence-corrected chi connectivity index (χ1v) is 7.35. The van der Waals surface area contributed by atoms with E-state index in [1.807, 2.05) is 0 Å². The molecule has 5 nitrogen and oxygen atoms in total. The number of halogens is 1. The van der Waals surface area contributed by atoms with Crippen LogP contribution in [0.1, 0.15) is 26.3 Å². The standard InChI is InChI=1S/C17H13ClN2O3/c1-20-16(22)12-3-2-4-13(15(12)17(20)23)19-14(21)9-10-5-7-11(18)8-6-10/h2-8H,9H2,1H3,(H,19,21). The Balaban J connectivity index is 1.82. The summed E-state index contributed by atoms with van der Waals surface area (Å²) in [4.78, 5) is 37.3. The van der Waals surface area contributed by atoms with Crippen molar-refractivity contribution in [3.8, 4) is 0 Å². The highest BCUT2D eigenvalue weighted by atomic mass is 35.5. The summed E-state index contributed by atoms with van der Waals surface area (Å²) in [6.07, 6.45) is 0.152. The predicted molar refractivity (Wildman–Crippen MR) is 86.7 cm³/mol. The lowest BCUT2D eigenvalue weighted by Gasteiger charge is -2.09. The van der Waals surface area contributed by atoms with Gasteiger partial charge in [0.25, 0.3) is 11.8 Å². The van der Waals surface area contributed by atoms with Crippen LogP contribution < -0.4 is 5.32 Å². The summed E-state index contributed by atoms with van der Waals surface area (Å²) < 4.78 is 0. The van der Waals surface area contributed by atoms with E-state index in [0.29, 0.717) is 16.3 Å². The van der Waals surface area contributed by atoms with Crippen molar-refractivity contribution in [1.82, 2.24) is 4.90 Å². The zero-order valence-corrected chi connectivity index (χ0v) is 13.1. The van der Waals surface area contributed by atoms with Gasteiger partial charge < -0.3 is 5.32 Å². The molecular formula is C17H13ClN2O3. The summed E-state index contributed by atoms with van der Waals surface area (Å²) in [6.45, 7) is 0. The fraction of sp³-hybridized carbons (Fsp3) is 0.118. The molecule has 0 atom stereocenters. The average molecular weight is 329 g/mol. The molecule has 0 saturated heterocycles. The lowest BCUT2D eigenvalue weighted by atomic mass is 10.1. The van der Waals surface area contributed by atoms with Crippen LogP contribution in [-0.2, 0) is 11.2 Å². The van der Waals surface area contributed by atoms with Crippen LogP contribution in [-0.4, -0.2) is 29.7 Å². The molecule has 2 aromatic rings. The Labute approximate surface area is 137 Å². The van der Waals surface area contributed by atoms with Crippen LogP contribution >= 0.6 is 11.6 Å². The highest BCUT2D eigenvalue weighted by Gasteiger charge is 2.35. The molecular weight excluding hydrogens is 316 g/mol. The van der Waals surface area contributed by atoms with Gasteiger partial charge in [0.05, 0.1) is 23.2 Å². The van der Waals surface area contributed by atoms with E-state index in [4.69, 9.17) is 11.6 Å². The third-order valence-electron chi connectivity index (χ3n) is 3.67. The summed E-state index contributed by atoms with van der Waals surface area (Å²) in [5.74, 6) is -1.04. The van der Waals surface area contributed by atoms with E-state index >= 15 is 0 Å². The molecule has 0 fully saturated rings. The molecule has 3 rings (SSSR count). The van der Waals surface area contributed by atoms with Crippen LogP contribution in [0.3, 0.4) is 0 Å². The summed E-state index contributed by atoms with van der Waals surface area (Å²) in [7, 11) is 1.42. The second kappa shape index (κ2) is 5.85. The van der Waals surface area contributed by atoms with Gasteiger partial charge in [0.1, 0.15) is 0 Å². The molecule has 23 heavy (non-hydrogen) atoms. The molecule has 6 heteroatoms. The molecule has 1 aliphatic heterocycles. The van der Waals surface area contributed by atoms with Gasteiger partial charge in [-0.25, -0.2) is 0 Å². The number of rotatable bonds is 3. The maximum Gasteiger partial charge on any atom is 0.263 e. The Morgan fingerprint density at radius 3 is 2.48 bits per heavy atom. The summed E-state index contributed by atoms with van der Waals surface area (Å²) in [5.41, 5.74) is 1.70. The maximum absolute atomic E-state index is 12.2. The number of carbonyl (C=O) groups is 3. The second-order valence-electron chi connectivity index (χ2n) is 5.25. The van der Waals surface area contributed by atoms with E-state index in [0.717, 1.165) is 10.5 Å². The van der Waals surface area contributed by atoms with Crippen molar-refractivity contribution in [2.24, 2.45) is 0 Å². The van der Waals surface area contributed by atoms with Gasteiger partial charge in [0, 0.05) is 12.1 Å². The molecule has 1 N–H and O–H groups in total. The lowest BCUT2D eigenvalue weighted by molar-refractivity contribution is -0.115. The fourth-order valence-corrected chi connectivity index (χ4v) is 2.61. The molecule has 2 aromatic carbocycles. The van der Waals surface area contributed by atoms with Crippen molar-refractivity contribution < 1.29 is 14.4 Å². The minimum atomic E-state index is -0.410. The molecule has 0 aromatic heterocycles. The highest BCUT2D eigenvalue weighted by Crippen LogP contribution is 2.28. The van der Waals surface area contributed by atoms with Crippen molar-refractivity contribution >= 4 is 35.0 Å². The number of anilines is 1. The minimum Gasteiger partial charge on any atom is -0.325 e. The number of imide groups is 1. The quantitative estimate of drug-likeness (QED) is 0.881. The monoisotopic (exact) mass is 328 g/mol. The SMILES string of the molecule is CN1C(=O)c2cccc(NC(=O)Cc3ccc(Cl)cc3)c2C1=O. The normalized spacial score (nSPS) is 13.2. The Kier molecular flexibility index (Phi) is 3.88. The van der Waals surface area contributed by atoms with Crippen molar-refractivity contribution in [1.29, 1.82) is 0 Å². The van der Waals surface area contributed by atoms with Gasteiger partial charge in [0.15, 0.2) is 0 Å². The average Bonchev–Trinajstić information content (AvgIpc) is 2.75. The second-order valence-corrected chi connectivity index (χ2v) is 5.69. The predicted octanol–water partition coefficient (Wildman–Crippen LogP) is 2.75. The third-order valence-corrected chi connectivity index (χ3v) is 3.92. The topological polar surface area (TPSA) is 66.5 Å². The maximum atomic E-state index is 12.2. The molecule has 1 heterocycles. The Morgan fingerprint density at radius 1 is 1.09 bits per heavy atom. The number of carbonyl (C=O) groups excluding carboxylic acids is 3.